The second kappa shape index (κ2) is 7.82. The van der Waals surface area contributed by atoms with Gasteiger partial charge < -0.3 is 14.9 Å². The first kappa shape index (κ1) is 25.3. The molecule has 1 spiro atoms. The topological polar surface area (TPSA) is 83.8 Å². The summed E-state index contributed by atoms with van der Waals surface area (Å²) in [6.45, 7) is 13.1. The summed E-state index contributed by atoms with van der Waals surface area (Å²) in [6, 6.07) is 0. The summed E-state index contributed by atoms with van der Waals surface area (Å²) < 4.78 is 5.90. The molecule has 5 rings (SSSR count). The van der Waals surface area contributed by atoms with Crippen molar-refractivity contribution >= 4 is 11.9 Å². The summed E-state index contributed by atoms with van der Waals surface area (Å²) in [5.41, 5.74) is 0.470. The van der Waals surface area contributed by atoms with Gasteiger partial charge in [0.15, 0.2) is 0 Å². The van der Waals surface area contributed by atoms with Crippen molar-refractivity contribution in [1.82, 2.24) is 0 Å². The van der Waals surface area contributed by atoms with Crippen molar-refractivity contribution in [2.45, 2.75) is 117 Å². The summed E-state index contributed by atoms with van der Waals surface area (Å²) in [6.07, 6.45) is 11.6. The van der Waals surface area contributed by atoms with Gasteiger partial charge in [-0.15, -0.1) is 0 Å². The number of rotatable bonds is 6. The second-order valence-electron chi connectivity index (χ2n) is 14.1. The van der Waals surface area contributed by atoms with Gasteiger partial charge in [-0.05, 0) is 117 Å². The molecule has 4 saturated carbocycles. The Kier molecular flexibility index (Phi) is 5.65. The summed E-state index contributed by atoms with van der Waals surface area (Å²) in [5.74, 6) is 0.723. The summed E-state index contributed by atoms with van der Waals surface area (Å²) in [7, 11) is 0. The molecule has 2 N–H and O–H groups in total. The molecule has 0 aromatic carbocycles. The highest BCUT2D eigenvalue weighted by Gasteiger charge is 2.81. The maximum atomic E-state index is 12.3. The quantitative estimate of drug-likeness (QED) is 0.441. The SMILES string of the molecule is CC1=CCC(C(C)C2CCC3(C)C4CCC(C(C)(C)O)C5(CCC(=O)O)CC45CCC23C)OC1=O. The number of ether oxygens (including phenoxy) is 1. The Hall–Kier alpha value is -1.36. The fourth-order valence-corrected chi connectivity index (χ4v) is 10.7. The lowest BCUT2D eigenvalue weighted by atomic mass is 9.43. The molecule has 9 atom stereocenters. The third kappa shape index (κ3) is 3.35. The van der Waals surface area contributed by atoms with Crippen molar-refractivity contribution < 1.29 is 24.5 Å². The maximum absolute atomic E-state index is 12.3. The van der Waals surface area contributed by atoms with E-state index in [0.717, 1.165) is 44.1 Å². The number of aliphatic carboxylic acids is 1. The van der Waals surface area contributed by atoms with Gasteiger partial charge in [-0.1, -0.05) is 26.8 Å². The van der Waals surface area contributed by atoms with E-state index in [2.05, 4.69) is 26.8 Å². The minimum Gasteiger partial charge on any atom is -0.481 e. The molecule has 1 heterocycles. The standard InChI is InChI=1S/C30H46O5/c1-18-7-8-21(35-25(18)33)19(2)20-11-13-28(6)23-10-9-22(26(3,4)34)29(14-12-24(31)32)17-30(23,29)16-15-27(20,28)5/h7,19-23,34H,8-17H2,1-6H3,(H,31,32). The van der Waals surface area contributed by atoms with Crippen LogP contribution in [-0.2, 0) is 14.3 Å². The molecule has 5 aliphatic rings. The number of esters is 1. The van der Waals surface area contributed by atoms with E-state index in [0.29, 0.717) is 24.2 Å². The number of carboxylic acid groups (broad SMARTS) is 1. The zero-order chi connectivity index (χ0) is 25.6. The van der Waals surface area contributed by atoms with Gasteiger partial charge >= 0.3 is 11.9 Å². The summed E-state index contributed by atoms with van der Waals surface area (Å²) in [5, 5.41) is 20.7. The molecule has 0 bridgehead atoms. The number of fused-ring (bicyclic) bond motifs is 2. The normalized spacial score (nSPS) is 47.6. The van der Waals surface area contributed by atoms with Crippen LogP contribution in [0.3, 0.4) is 0 Å². The van der Waals surface area contributed by atoms with Crippen molar-refractivity contribution in [1.29, 1.82) is 0 Å². The van der Waals surface area contributed by atoms with Crippen molar-refractivity contribution in [3.05, 3.63) is 11.6 Å². The molecule has 5 heteroatoms. The first-order chi connectivity index (χ1) is 16.2. The monoisotopic (exact) mass is 486 g/mol. The van der Waals surface area contributed by atoms with Crippen molar-refractivity contribution in [2.24, 2.45) is 45.3 Å². The molecule has 5 nitrogen and oxygen atoms in total. The van der Waals surface area contributed by atoms with E-state index in [4.69, 9.17) is 4.74 Å². The first-order valence-electron chi connectivity index (χ1n) is 14.0. The molecule has 0 aromatic rings. The fraction of sp³-hybridized carbons (Fsp3) is 0.867. The highest BCUT2D eigenvalue weighted by molar-refractivity contribution is 5.88. The molecule has 0 radical (unpaired) electrons. The average molecular weight is 487 g/mol. The van der Waals surface area contributed by atoms with Gasteiger partial charge in [-0.25, -0.2) is 4.79 Å². The van der Waals surface area contributed by atoms with Gasteiger partial charge in [0, 0.05) is 18.4 Å². The Bertz CT molecular complexity index is 947. The molecular weight excluding hydrogens is 440 g/mol. The molecule has 0 aromatic heterocycles. The predicted molar refractivity (Wildman–Crippen MR) is 134 cm³/mol. The summed E-state index contributed by atoms with van der Waals surface area (Å²) >= 11 is 0. The zero-order valence-electron chi connectivity index (χ0n) is 22.7. The minimum absolute atomic E-state index is 0.0345. The Morgan fingerprint density at radius 3 is 2.51 bits per heavy atom. The number of hydrogen-bond donors (Lipinski definition) is 2. The molecule has 4 fully saturated rings. The molecule has 1 aliphatic heterocycles. The Balaban J connectivity index is 1.44. The molecule has 35 heavy (non-hydrogen) atoms. The zero-order valence-corrected chi connectivity index (χ0v) is 22.7. The number of cyclic esters (lactones) is 1. The lowest BCUT2D eigenvalue weighted by Crippen LogP contribution is -2.56. The average Bonchev–Trinajstić information content (AvgIpc) is 3.36. The molecule has 4 aliphatic carbocycles. The highest BCUT2D eigenvalue weighted by atomic mass is 16.5. The van der Waals surface area contributed by atoms with Gasteiger partial charge in [0.1, 0.15) is 6.10 Å². The number of carbonyl (C=O) groups excluding carboxylic acids is 1. The number of aliphatic hydroxyl groups is 1. The third-order valence-corrected chi connectivity index (χ3v) is 12.6. The molecular formula is C30H46O5. The Morgan fingerprint density at radius 2 is 1.89 bits per heavy atom. The maximum Gasteiger partial charge on any atom is 0.333 e. The van der Waals surface area contributed by atoms with Crippen LogP contribution in [0.1, 0.15) is 106 Å². The van der Waals surface area contributed by atoms with Crippen LogP contribution >= 0.6 is 0 Å². The Morgan fingerprint density at radius 1 is 1.17 bits per heavy atom. The number of carboxylic acids is 1. The molecule has 0 saturated heterocycles. The van der Waals surface area contributed by atoms with Crippen LogP contribution in [0.4, 0.5) is 0 Å². The molecule has 0 amide bonds. The van der Waals surface area contributed by atoms with Crippen LogP contribution in [0.15, 0.2) is 11.6 Å². The van der Waals surface area contributed by atoms with Crippen LogP contribution < -0.4 is 0 Å². The van der Waals surface area contributed by atoms with E-state index in [1.807, 2.05) is 20.8 Å². The molecule has 9 unspecified atom stereocenters. The number of hydrogen-bond acceptors (Lipinski definition) is 4. The fourth-order valence-electron chi connectivity index (χ4n) is 10.7. The van der Waals surface area contributed by atoms with Crippen LogP contribution in [-0.4, -0.2) is 33.9 Å². The molecule has 196 valence electrons. The largest absolute Gasteiger partial charge is 0.481 e. The Labute approximate surface area is 211 Å². The van der Waals surface area contributed by atoms with E-state index < -0.39 is 11.6 Å². The summed E-state index contributed by atoms with van der Waals surface area (Å²) in [4.78, 5) is 23.9. The lowest BCUT2D eigenvalue weighted by molar-refractivity contribution is -0.161. The second-order valence-corrected chi connectivity index (χ2v) is 14.1. The van der Waals surface area contributed by atoms with Crippen LogP contribution in [0.25, 0.3) is 0 Å². The van der Waals surface area contributed by atoms with E-state index in [9.17, 15) is 19.8 Å². The van der Waals surface area contributed by atoms with E-state index in [1.165, 1.54) is 12.8 Å². The van der Waals surface area contributed by atoms with E-state index >= 15 is 0 Å². The smallest absolute Gasteiger partial charge is 0.333 e. The van der Waals surface area contributed by atoms with E-state index in [-0.39, 0.29) is 46.1 Å². The first-order valence-corrected chi connectivity index (χ1v) is 14.0. The van der Waals surface area contributed by atoms with Crippen LogP contribution in [0, 0.1) is 45.3 Å². The number of carbonyl (C=O) groups is 2. The van der Waals surface area contributed by atoms with Gasteiger partial charge in [0.05, 0.1) is 5.60 Å². The van der Waals surface area contributed by atoms with Crippen molar-refractivity contribution in [3.63, 3.8) is 0 Å². The van der Waals surface area contributed by atoms with Gasteiger partial charge in [0.2, 0.25) is 0 Å². The lowest BCUT2D eigenvalue weighted by Gasteiger charge is -2.62. The predicted octanol–water partition coefficient (Wildman–Crippen LogP) is 6.14. The van der Waals surface area contributed by atoms with Gasteiger partial charge in [-0.2, -0.15) is 0 Å². The van der Waals surface area contributed by atoms with Gasteiger partial charge in [-0.3, -0.25) is 4.79 Å². The van der Waals surface area contributed by atoms with E-state index in [1.54, 1.807) is 0 Å². The van der Waals surface area contributed by atoms with Crippen LogP contribution in [0.5, 0.6) is 0 Å². The van der Waals surface area contributed by atoms with Gasteiger partial charge in [0.25, 0.3) is 0 Å². The highest BCUT2D eigenvalue weighted by Crippen LogP contribution is 2.87. The van der Waals surface area contributed by atoms with Crippen molar-refractivity contribution in [3.8, 4) is 0 Å². The third-order valence-electron chi connectivity index (χ3n) is 12.6. The van der Waals surface area contributed by atoms with Crippen molar-refractivity contribution in [2.75, 3.05) is 0 Å². The minimum atomic E-state index is -0.780. The van der Waals surface area contributed by atoms with Crippen LogP contribution in [0.2, 0.25) is 0 Å².